The maximum atomic E-state index is 10.8. The van der Waals surface area contributed by atoms with Crippen molar-refractivity contribution in [1.82, 2.24) is 0 Å². The molecule has 0 unspecified atom stereocenters. The summed E-state index contributed by atoms with van der Waals surface area (Å²) in [4.78, 5) is 10.8. The maximum absolute atomic E-state index is 10.8. The molecule has 1 N–H and O–H groups in total. The zero-order chi connectivity index (χ0) is 11.3. The molecular weight excluding hydrogens is 188 g/mol. The van der Waals surface area contributed by atoms with Gasteiger partial charge in [0.25, 0.3) is 0 Å². The number of carbonyl (C=O) groups is 1. The van der Waals surface area contributed by atoms with Crippen molar-refractivity contribution in [1.29, 1.82) is 5.26 Å². The summed E-state index contributed by atoms with van der Waals surface area (Å²) >= 11 is 0. The van der Waals surface area contributed by atoms with Gasteiger partial charge in [0.2, 0.25) is 0 Å². The zero-order valence-electron chi connectivity index (χ0n) is 8.74. The molecule has 0 atom stereocenters. The molecule has 0 aliphatic heterocycles. The smallest absolute Gasteiger partial charge is 0.154 e. The molecule has 0 heterocycles. The van der Waals surface area contributed by atoms with Crippen LogP contribution in [0.3, 0.4) is 0 Å². The van der Waals surface area contributed by atoms with E-state index in [9.17, 15) is 4.79 Å². The summed E-state index contributed by atoms with van der Waals surface area (Å²) < 4.78 is 0. The lowest BCUT2D eigenvalue weighted by Gasteiger charge is -2.05. The van der Waals surface area contributed by atoms with Crippen molar-refractivity contribution in [3.05, 3.63) is 41.6 Å². The summed E-state index contributed by atoms with van der Waals surface area (Å²) in [5.41, 5.74) is 2.16. The van der Waals surface area contributed by atoms with E-state index in [0.717, 1.165) is 11.4 Å². The highest BCUT2D eigenvalue weighted by Crippen LogP contribution is 2.11. The molecule has 0 saturated carbocycles. The minimum atomic E-state index is -0.00330. The van der Waals surface area contributed by atoms with Crippen molar-refractivity contribution in [3.8, 4) is 6.07 Å². The van der Waals surface area contributed by atoms with Crippen LogP contribution in [0.4, 0.5) is 5.69 Å². The zero-order valence-corrected chi connectivity index (χ0v) is 8.74. The first-order valence-corrected chi connectivity index (χ1v) is 4.58. The highest BCUT2D eigenvalue weighted by molar-refractivity contribution is 5.88. The summed E-state index contributed by atoms with van der Waals surface area (Å²) in [7, 11) is 0. The van der Waals surface area contributed by atoms with Crippen molar-refractivity contribution in [3.63, 3.8) is 0 Å². The van der Waals surface area contributed by atoms with E-state index in [0.29, 0.717) is 5.56 Å². The molecule has 0 aromatic heterocycles. The van der Waals surface area contributed by atoms with Crippen molar-refractivity contribution in [2.45, 2.75) is 13.8 Å². The van der Waals surface area contributed by atoms with Crippen LogP contribution in [0.15, 0.2) is 36.0 Å². The van der Waals surface area contributed by atoms with E-state index in [-0.39, 0.29) is 5.78 Å². The minimum absolute atomic E-state index is 0.00330. The largest absolute Gasteiger partial charge is 0.359 e. The summed E-state index contributed by atoms with van der Waals surface area (Å²) in [6, 6.07) is 9.16. The summed E-state index contributed by atoms with van der Waals surface area (Å²) in [6.45, 7) is 3.30. The van der Waals surface area contributed by atoms with Gasteiger partial charge in [0, 0.05) is 11.4 Å². The molecule has 1 rings (SSSR count). The topological polar surface area (TPSA) is 52.9 Å². The number of anilines is 1. The predicted molar refractivity (Wildman–Crippen MR) is 59.2 cm³/mol. The Morgan fingerprint density at radius 1 is 1.47 bits per heavy atom. The second-order valence-electron chi connectivity index (χ2n) is 3.26. The lowest BCUT2D eigenvalue weighted by molar-refractivity contribution is -0.112. The van der Waals surface area contributed by atoms with Gasteiger partial charge in [-0.3, -0.25) is 4.79 Å². The Balaban J connectivity index is 2.82. The second kappa shape index (κ2) is 4.97. The third kappa shape index (κ3) is 3.65. The lowest BCUT2D eigenvalue weighted by Crippen LogP contribution is -1.98. The Bertz CT molecular complexity index is 441. The van der Waals surface area contributed by atoms with Crippen molar-refractivity contribution >= 4 is 11.5 Å². The van der Waals surface area contributed by atoms with Crippen LogP contribution in [0.1, 0.15) is 19.4 Å². The number of nitrogens with one attached hydrogen (secondary N) is 1. The van der Waals surface area contributed by atoms with Gasteiger partial charge in [0.05, 0.1) is 11.6 Å². The van der Waals surface area contributed by atoms with E-state index in [1.54, 1.807) is 25.1 Å². The van der Waals surface area contributed by atoms with Crippen LogP contribution in [0.2, 0.25) is 0 Å². The van der Waals surface area contributed by atoms with Gasteiger partial charge in [-0.2, -0.15) is 5.26 Å². The van der Waals surface area contributed by atoms with Gasteiger partial charge in [-0.05, 0) is 38.1 Å². The van der Waals surface area contributed by atoms with Crippen LogP contribution in [0.25, 0.3) is 0 Å². The molecule has 76 valence electrons. The number of allylic oxidation sites excluding steroid dienone is 2. The maximum Gasteiger partial charge on any atom is 0.154 e. The van der Waals surface area contributed by atoms with Gasteiger partial charge < -0.3 is 5.32 Å². The fraction of sp³-hybridized carbons (Fsp3) is 0.167. The molecule has 0 bridgehead atoms. The third-order valence-electron chi connectivity index (χ3n) is 1.75. The van der Waals surface area contributed by atoms with Crippen LogP contribution in [0, 0.1) is 11.3 Å². The van der Waals surface area contributed by atoms with Crippen molar-refractivity contribution < 1.29 is 4.79 Å². The number of carbonyl (C=O) groups excluding carboxylic acids is 1. The molecule has 0 amide bonds. The Morgan fingerprint density at radius 3 is 2.80 bits per heavy atom. The van der Waals surface area contributed by atoms with Gasteiger partial charge >= 0.3 is 0 Å². The Hall–Kier alpha value is -2.08. The van der Waals surface area contributed by atoms with E-state index in [2.05, 4.69) is 11.4 Å². The highest BCUT2D eigenvalue weighted by atomic mass is 16.1. The lowest BCUT2D eigenvalue weighted by atomic mass is 10.2. The molecule has 0 saturated heterocycles. The van der Waals surface area contributed by atoms with Gasteiger partial charge in [-0.15, -0.1) is 0 Å². The summed E-state index contributed by atoms with van der Waals surface area (Å²) in [5.74, 6) is -0.00330. The van der Waals surface area contributed by atoms with E-state index < -0.39 is 0 Å². The molecule has 3 heteroatoms. The van der Waals surface area contributed by atoms with E-state index in [4.69, 9.17) is 5.26 Å². The molecule has 0 aliphatic carbocycles. The standard InChI is InChI=1S/C12H12N2O/c1-9(6-10(2)15)14-12-5-3-4-11(7-12)8-13/h3-7,14H,1-2H3. The van der Waals surface area contributed by atoms with Gasteiger partial charge in [-0.25, -0.2) is 0 Å². The molecule has 1 aromatic carbocycles. The van der Waals surface area contributed by atoms with E-state index >= 15 is 0 Å². The first kappa shape index (κ1) is 11.0. The molecular formula is C12H12N2O. The quantitative estimate of drug-likeness (QED) is 0.762. The molecule has 0 fully saturated rings. The monoisotopic (exact) mass is 200 g/mol. The van der Waals surface area contributed by atoms with Crippen LogP contribution >= 0.6 is 0 Å². The van der Waals surface area contributed by atoms with Gasteiger partial charge in [0.15, 0.2) is 5.78 Å². The van der Waals surface area contributed by atoms with Crippen molar-refractivity contribution in [2.75, 3.05) is 5.32 Å². The highest BCUT2D eigenvalue weighted by Gasteiger charge is 1.96. The van der Waals surface area contributed by atoms with Gasteiger partial charge in [0.1, 0.15) is 0 Å². The third-order valence-corrected chi connectivity index (χ3v) is 1.75. The molecule has 3 nitrogen and oxygen atoms in total. The van der Waals surface area contributed by atoms with E-state index in [1.165, 1.54) is 13.0 Å². The average Bonchev–Trinajstić information content (AvgIpc) is 2.16. The van der Waals surface area contributed by atoms with Crippen LogP contribution in [0.5, 0.6) is 0 Å². The number of hydrogen-bond acceptors (Lipinski definition) is 3. The average molecular weight is 200 g/mol. The first-order valence-electron chi connectivity index (χ1n) is 4.58. The summed E-state index contributed by atoms with van der Waals surface area (Å²) in [5, 5.41) is 11.7. The van der Waals surface area contributed by atoms with Crippen molar-refractivity contribution in [2.24, 2.45) is 0 Å². The van der Waals surface area contributed by atoms with Gasteiger partial charge in [-0.1, -0.05) is 6.07 Å². The molecule has 0 aliphatic rings. The molecule has 15 heavy (non-hydrogen) atoms. The Labute approximate surface area is 89.0 Å². The predicted octanol–water partition coefficient (Wildman–Crippen LogP) is 2.46. The molecule has 0 spiro atoms. The summed E-state index contributed by atoms with van der Waals surface area (Å²) in [6.07, 6.45) is 1.51. The number of nitriles is 1. The molecule has 1 aromatic rings. The fourth-order valence-electron chi connectivity index (χ4n) is 1.24. The second-order valence-corrected chi connectivity index (χ2v) is 3.26. The Morgan fingerprint density at radius 2 is 2.20 bits per heavy atom. The SMILES string of the molecule is CC(=O)C=C(C)Nc1cccc(C#N)c1. The van der Waals surface area contributed by atoms with E-state index in [1.807, 2.05) is 6.07 Å². The van der Waals surface area contributed by atoms with Crippen LogP contribution in [-0.4, -0.2) is 5.78 Å². The van der Waals surface area contributed by atoms with Crippen LogP contribution < -0.4 is 5.32 Å². The first-order chi connectivity index (χ1) is 7.11. The number of rotatable bonds is 3. The minimum Gasteiger partial charge on any atom is -0.359 e. The number of benzene rings is 1. The number of ketones is 1. The van der Waals surface area contributed by atoms with Crippen LogP contribution in [-0.2, 0) is 4.79 Å². The fourth-order valence-corrected chi connectivity index (χ4v) is 1.24. The Kier molecular flexibility index (Phi) is 3.64. The number of hydrogen-bond donors (Lipinski definition) is 1. The molecule has 0 radical (unpaired) electrons. The number of nitrogens with zero attached hydrogens (tertiary/aromatic N) is 1. The normalized spacial score (nSPS) is 10.6.